The third-order valence-corrected chi connectivity index (χ3v) is 3.93. The van der Waals surface area contributed by atoms with Gasteiger partial charge in [-0.15, -0.1) is 0 Å². The van der Waals surface area contributed by atoms with Gasteiger partial charge in [0.2, 0.25) is 5.91 Å². The van der Waals surface area contributed by atoms with Gasteiger partial charge in [0.25, 0.3) is 0 Å². The second-order valence-corrected chi connectivity index (χ2v) is 5.87. The van der Waals surface area contributed by atoms with Crippen LogP contribution in [0.1, 0.15) is 24.0 Å². The maximum atomic E-state index is 11.9. The van der Waals surface area contributed by atoms with E-state index in [1.54, 1.807) is 0 Å². The minimum atomic E-state index is -0.886. The maximum Gasteiger partial charge on any atom is 0.308 e. The molecule has 2 aromatic rings. The Morgan fingerprint density at radius 2 is 1.50 bits per heavy atom. The van der Waals surface area contributed by atoms with Gasteiger partial charge in [-0.1, -0.05) is 60.7 Å². The number of hydrogen-bond donors (Lipinski definition) is 2. The van der Waals surface area contributed by atoms with Crippen molar-refractivity contribution in [3.05, 3.63) is 71.8 Å². The van der Waals surface area contributed by atoms with E-state index in [9.17, 15) is 14.7 Å². The second kappa shape index (κ2) is 9.50. The molecule has 0 saturated carbocycles. The molecule has 24 heavy (non-hydrogen) atoms. The molecule has 4 nitrogen and oxygen atoms in total. The Morgan fingerprint density at radius 1 is 0.917 bits per heavy atom. The Bertz CT molecular complexity index is 640. The van der Waals surface area contributed by atoms with Crippen LogP contribution in [0.4, 0.5) is 0 Å². The van der Waals surface area contributed by atoms with Gasteiger partial charge in [-0.2, -0.15) is 0 Å². The third-order valence-electron chi connectivity index (χ3n) is 3.93. The summed E-state index contributed by atoms with van der Waals surface area (Å²) < 4.78 is 0. The van der Waals surface area contributed by atoms with Gasteiger partial charge < -0.3 is 10.4 Å². The van der Waals surface area contributed by atoms with E-state index in [-0.39, 0.29) is 12.5 Å². The summed E-state index contributed by atoms with van der Waals surface area (Å²) in [6.07, 6.45) is 2.43. The van der Waals surface area contributed by atoms with Crippen molar-refractivity contribution in [3.8, 4) is 0 Å². The largest absolute Gasteiger partial charge is 0.481 e. The van der Waals surface area contributed by atoms with E-state index >= 15 is 0 Å². The zero-order valence-corrected chi connectivity index (χ0v) is 13.7. The van der Waals surface area contributed by atoms with Crippen molar-refractivity contribution >= 4 is 11.9 Å². The Hall–Kier alpha value is -2.62. The lowest BCUT2D eigenvalue weighted by atomic mass is 9.99. The maximum absolute atomic E-state index is 11.9. The van der Waals surface area contributed by atoms with E-state index in [1.165, 1.54) is 5.56 Å². The molecular weight excluding hydrogens is 302 g/mol. The minimum Gasteiger partial charge on any atom is -0.481 e. The normalized spacial score (nSPS) is 11.7. The first-order valence-corrected chi connectivity index (χ1v) is 8.22. The molecule has 1 atom stereocenters. The standard InChI is InChI=1S/C20H23NO3/c22-19(13-7-12-16-8-3-1-4-9-16)21-15-18(20(23)24)14-17-10-5-2-6-11-17/h1-6,8-11,18H,7,12-15H2,(H,21,22)(H,23,24). The fourth-order valence-corrected chi connectivity index (χ4v) is 2.57. The van der Waals surface area contributed by atoms with Crippen LogP contribution in [0.15, 0.2) is 60.7 Å². The van der Waals surface area contributed by atoms with E-state index < -0.39 is 11.9 Å². The highest BCUT2D eigenvalue weighted by molar-refractivity contribution is 5.77. The molecule has 0 spiro atoms. The molecule has 0 aromatic heterocycles. The number of carboxylic acids is 1. The monoisotopic (exact) mass is 325 g/mol. The van der Waals surface area contributed by atoms with Crippen LogP contribution in [0, 0.1) is 5.92 Å². The molecule has 2 aromatic carbocycles. The first kappa shape index (κ1) is 17.7. The Balaban J connectivity index is 1.73. The van der Waals surface area contributed by atoms with Gasteiger partial charge in [-0.3, -0.25) is 9.59 Å². The predicted octanol–water partition coefficient (Wildman–Crippen LogP) is 3.07. The number of rotatable bonds is 9. The van der Waals surface area contributed by atoms with Crippen LogP contribution in [0.2, 0.25) is 0 Å². The van der Waals surface area contributed by atoms with E-state index in [0.29, 0.717) is 12.8 Å². The highest BCUT2D eigenvalue weighted by Gasteiger charge is 2.18. The molecule has 0 heterocycles. The number of carbonyl (C=O) groups is 2. The third kappa shape index (κ3) is 6.24. The molecule has 0 aliphatic heterocycles. The smallest absolute Gasteiger partial charge is 0.308 e. The molecule has 0 bridgehead atoms. The van der Waals surface area contributed by atoms with Crippen LogP contribution in [-0.4, -0.2) is 23.5 Å². The fraction of sp³-hybridized carbons (Fsp3) is 0.300. The minimum absolute atomic E-state index is 0.0924. The lowest BCUT2D eigenvalue weighted by molar-refractivity contribution is -0.141. The fourth-order valence-electron chi connectivity index (χ4n) is 2.57. The van der Waals surface area contributed by atoms with E-state index in [4.69, 9.17) is 0 Å². The molecule has 0 aliphatic rings. The van der Waals surface area contributed by atoms with Gasteiger partial charge in [0, 0.05) is 13.0 Å². The van der Waals surface area contributed by atoms with Crippen LogP contribution in [0.3, 0.4) is 0 Å². The summed E-state index contributed by atoms with van der Waals surface area (Å²) in [4.78, 5) is 23.3. The van der Waals surface area contributed by atoms with Crippen LogP contribution >= 0.6 is 0 Å². The second-order valence-electron chi connectivity index (χ2n) is 5.87. The van der Waals surface area contributed by atoms with Crippen LogP contribution < -0.4 is 5.32 Å². The molecule has 0 aliphatic carbocycles. The average Bonchev–Trinajstić information content (AvgIpc) is 2.60. The van der Waals surface area contributed by atoms with Crippen LogP contribution in [0.25, 0.3) is 0 Å². The number of nitrogens with one attached hydrogen (secondary N) is 1. The number of amides is 1. The SMILES string of the molecule is O=C(CCCc1ccccc1)NCC(Cc1ccccc1)C(=O)O. The molecule has 0 radical (unpaired) electrons. The molecule has 0 fully saturated rings. The topological polar surface area (TPSA) is 66.4 Å². The Labute approximate surface area is 142 Å². The number of hydrogen-bond acceptors (Lipinski definition) is 2. The van der Waals surface area contributed by atoms with Crippen molar-refractivity contribution in [3.63, 3.8) is 0 Å². The van der Waals surface area contributed by atoms with Gasteiger partial charge in [-0.25, -0.2) is 0 Å². The number of carboxylic acid groups (broad SMARTS) is 1. The molecule has 0 saturated heterocycles. The Morgan fingerprint density at radius 3 is 2.08 bits per heavy atom. The summed E-state index contributed by atoms with van der Waals surface area (Å²) in [6.45, 7) is 0.161. The van der Waals surface area contributed by atoms with Crippen molar-refractivity contribution < 1.29 is 14.7 Å². The zero-order chi connectivity index (χ0) is 17.2. The van der Waals surface area contributed by atoms with Crippen molar-refractivity contribution in [1.82, 2.24) is 5.32 Å². The highest BCUT2D eigenvalue weighted by atomic mass is 16.4. The van der Waals surface area contributed by atoms with Gasteiger partial charge in [0.15, 0.2) is 0 Å². The summed E-state index contributed by atoms with van der Waals surface area (Å²) in [5.74, 6) is -1.58. The highest BCUT2D eigenvalue weighted by Crippen LogP contribution is 2.09. The van der Waals surface area contributed by atoms with Gasteiger partial charge >= 0.3 is 5.97 Å². The Kier molecular flexibility index (Phi) is 7.02. The predicted molar refractivity (Wildman–Crippen MR) is 93.7 cm³/mol. The van der Waals surface area contributed by atoms with E-state index in [2.05, 4.69) is 5.32 Å². The zero-order valence-electron chi connectivity index (χ0n) is 13.7. The van der Waals surface area contributed by atoms with Crippen LogP contribution in [-0.2, 0) is 22.4 Å². The molecule has 2 rings (SSSR count). The number of benzene rings is 2. The lowest BCUT2D eigenvalue weighted by Gasteiger charge is -2.13. The summed E-state index contributed by atoms with van der Waals surface area (Å²) in [6, 6.07) is 19.5. The van der Waals surface area contributed by atoms with Crippen molar-refractivity contribution in [2.75, 3.05) is 6.54 Å². The first-order chi connectivity index (χ1) is 11.6. The molecule has 4 heteroatoms. The van der Waals surface area contributed by atoms with E-state index in [1.807, 2.05) is 60.7 Å². The van der Waals surface area contributed by atoms with Crippen LogP contribution in [0.5, 0.6) is 0 Å². The molecular formula is C20H23NO3. The summed E-state index contributed by atoms with van der Waals surface area (Å²) >= 11 is 0. The lowest BCUT2D eigenvalue weighted by Crippen LogP contribution is -2.34. The number of aliphatic carboxylic acids is 1. The molecule has 126 valence electrons. The van der Waals surface area contributed by atoms with Gasteiger partial charge in [0.1, 0.15) is 0 Å². The van der Waals surface area contributed by atoms with Crippen molar-refractivity contribution in [2.24, 2.45) is 5.92 Å². The molecule has 1 unspecified atom stereocenters. The quantitative estimate of drug-likeness (QED) is 0.744. The summed E-state index contributed by atoms with van der Waals surface area (Å²) in [5.41, 5.74) is 2.17. The average molecular weight is 325 g/mol. The van der Waals surface area contributed by atoms with Crippen molar-refractivity contribution in [1.29, 1.82) is 0 Å². The summed E-state index contributed by atoms with van der Waals surface area (Å²) in [5, 5.41) is 12.1. The molecule has 1 amide bonds. The van der Waals surface area contributed by atoms with E-state index in [0.717, 1.165) is 18.4 Å². The first-order valence-electron chi connectivity index (χ1n) is 8.22. The molecule has 2 N–H and O–H groups in total. The van der Waals surface area contributed by atoms with Crippen molar-refractivity contribution in [2.45, 2.75) is 25.7 Å². The summed E-state index contributed by atoms with van der Waals surface area (Å²) in [7, 11) is 0. The van der Waals surface area contributed by atoms with Gasteiger partial charge in [0.05, 0.1) is 5.92 Å². The van der Waals surface area contributed by atoms with Gasteiger partial charge in [-0.05, 0) is 30.4 Å². The number of aryl methyl sites for hydroxylation is 1. The number of carbonyl (C=O) groups excluding carboxylic acids is 1.